The van der Waals surface area contributed by atoms with E-state index in [-0.39, 0.29) is 6.04 Å². The fourth-order valence-electron chi connectivity index (χ4n) is 1.72. The molecule has 1 atom stereocenters. The molecule has 0 fully saturated rings. The summed E-state index contributed by atoms with van der Waals surface area (Å²) < 4.78 is 7.60. The Kier molecular flexibility index (Phi) is 7.44. The monoisotopic (exact) mass is 388 g/mol. The summed E-state index contributed by atoms with van der Waals surface area (Å²) in [5, 5.41) is 8.46. The Bertz CT molecular complexity index is 432. The fourth-order valence-corrected chi connectivity index (χ4v) is 3.23. The Hall–Kier alpha value is -0.570. The lowest BCUT2D eigenvalue weighted by molar-refractivity contribution is 0.304. The van der Waals surface area contributed by atoms with E-state index < -0.39 is 0 Å². The highest BCUT2D eigenvalue weighted by Crippen LogP contribution is 2.35. The molecule has 0 heterocycles. The van der Waals surface area contributed by atoms with Gasteiger partial charge >= 0.3 is 0 Å². The second-order valence-corrected chi connectivity index (χ2v) is 6.24. The first-order valence-electron chi connectivity index (χ1n) is 6.28. The molecule has 0 amide bonds. The van der Waals surface area contributed by atoms with Gasteiger partial charge in [0.15, 0.2) is 0 Å². The van der Waals surface area contributed by atoms with Gasteiger partial charge in [-0.05, 0) is 75.7 Å². The second kappa shape index (κ2) is 8.57. The summed E-state index contributed by atoms with van der Waals surface area (Å²) in [5.41, 5.74) is 6.97. The van der Waals surface area contributed by atoms with Crippen molar-refractivity contribution < 1.29 is 4.74 Å². The first kappa shape index (κ1) is 16.5. The van der Waals surface area contributed by atoms with Crippen molar-refractivity contribution in [3.05, 3.63) is 26.6 Å². The third kappa shape index (κ3) is 5.94. The molecule has 0 aromatic heterocycles. The van der Waals surface area contributed by atoms with Gasteiger partial charge in [-0.3, -0.25) is 0 Å². The Morgan fingerprint density at radius 3 is 2.47 bits per heavy atom. The highest BCUT2D eigenvalue weighted by molar-refractivity contribution is 9.11. The normalized spacial score (nSPS) is 11.9. The molecule has 0 saturated carbocycles. The topological polar surface area (TPSA) is 59.0 Å². The number of unbranched alkanes of at least 4 members (excludes halogenated alkanes) is 2. The highest BCUT2D eigenvalue weighted by atomic mass is 79.9. The second-order valence-electron chi connectivity index (χ2n) is 4.53. The molecule has 3 nitrogen and oxygen atoms in total. The minimum atomic E-state index is 0.136. The number of rotatable bonds is 7. The highest BCUT2D eigenvalue weighted by Gasteiger charge is 2.10. The van der Waals surface area contributed by atoms with E-state index in [0.717, 1.165) is 34.0 Å². The fraction of sp³-hybridized carbons (Fsp3) is 0.500. The van der Waals surface area contributed by atoms with E-state index in [2.05, 4.69) is 37.9 Å². The predicted octanol–water partition coefficient (Wildman–Crippen LogP) is 4.17. The molecule has 1 aromatic rings. The first-order valence-corrected chi connectivity index (χ1v) is 7.86. The molecule has 0 aliphatic rings. The van der Waals surface area contributed by atoms with E-state index in [0.29, 0.717) is 13.0 Å². The molecule has 0 bridgehead atoms. The molecule has 0 aliphatic carbocycles. The number of hydrogen-bond donors (Lipinski definition) is 1. The average Bonchev–Trinajstić information content (AvgIpc) is 2.31. The number of benzene rings is 1. The predicted molar refractivity (Wildman–Crippen MR) is 84.2 cm³/mol. The molecule has 104 valence electrons. The van der Waals surface area contributed by atoms with Crippen molar-refractivity contribution in [2.75, 3.05) is 6.61 Å². The molecule has 0 radical (unpaired) electrons. The van der Waals surface area contributed by atoms with Gasteiger partial charge in [0, 0.05) is 12.5 Å². The number of nitrogens with two attached hydrogens (primary N) is 1. The van der Waals surface area contributed by atoms with Crippen LogP contribution >= 0.6 is 31.9 Å². The molecular weight excluding hydrogens is 372 g/mol. The van der Waals surface area contributed by atoms with Gasteiger partial charge in [0.25, 0.3) is 0 Å². The van der Waals surface area contributed by atoms with Crippen LogP contribution in [0.15, 0.2) is 21.1 Å². The van der Waals surface area contributed by atoms with Crippen molar-refractivity contribution in [3.8, 4) is 11.8 Å². The summed E-state index contributed by atoms with van der Waals surface area (Å²) >= 11 is 7.05. The molecule has 0 spiro atoms. The maximum Gasteiger partial charge on any atom is 0.147 e. The molecular formula is C14H18Br2N2O. The summed E-state index contributed by atoms with van der Waals surface area (Å²) in [4.78, 5) is 0. The minimum absolute atomic E-state index is 0.136. The van der Waals surface area contributed by atoms with Crippen LogP contribution in [0.1, 0.15) is 31.7 Å². The number of ether oxygens (including phenoxy) is 1. The Morgan fingerprint density at radius 1 is 1.32 bits per heavy atom. The largest absolute Gasteiger partial charge is 0.491 e. The van der Waals surface area contributed by atoms with Gasteiger partial charge in [-0.2, -0.15) is 5.26 Å². The minimum Gasteiger partial charge on any atom is -0.491 e. The van der Waals surface area contributed by atoms with E-state index in [1.165, 1.54) is 5.56 Å². The Morgan fingerprint density at radius 2 is 1.95 bits per heavy atom. The summed E-state index contributed by atoms with van der Waals surface area (Å²) in [7, 11) is 0. The van der Waals surface area contributed by atoms with E-state index >= 15 is 0 Å². The summed E-state index contributed by atoms with van der Waals surface area (Å²) in [6.45, 7) is 2.60. The van der Waals surface area contributed by atoms with Gasteiger partial charge in [-0.25, -0.2) is 0 Å². The quantitative estimate of drug-likeness (QED) is 0.711. The smallest absolute Gasteiger partial charge is 0.147 e. The maximum atomic E-state index is 8.46. The molecule has 1 aromatic carbocycles. The SMILES string of the molecule is CC(N)Cc1cc(Br)c(OCCCCC#N)c(Br)c1. The molecule has 2 N–H and O–H groups in total. The van der Waals surface area contributed by atoms with Crippen LogP contribution in [0.2, 0.25) is 0 Å². The van der Waals surface area contributed by atoms with Crippen molar-refractivity contribution >= 4 is 31.9 Å². The third-order valence-electron chi connectivity index (χ3n) is 2.55. The number of halogens is 2. The van der Waals surface area contributed by atoms with Crippen LogP contribution in [-0.4, -0.2) is 12.6 Å². The standard InChI is InChI=1S/C14H18Br2N2O/c1-10(18)7-11-8-12(15)14(13(16)9-11)19-6-4-2-3-5-17/h8-10H,2-4,6-7,18H2,1H3. The molecule has 5 heteroatoms. The summed E-state index contributed by atoms with van der Waals surface area (Å²) in [5.74, 6) is 0.811. The molecule has 1 rings (SSSR count). The molecule has 0 aliphatic heterocycles. The van der Waals surface area contributed by atoms with Crippen LogP contribution in [0.3, 0.4) is 0 Å². The maximum absolute atomic E-state index is 8.46. The zero-order valence-electron chi connectivity index (χ0n) is 11.0. The summed E-state index contributed by atoms with van der Waals surface area (Å²) in [6, 6.07) is 6.35. The van der Waals surface area contributed by atoms with Crippen molar-refractivity contribution in [1.82, 2.24) is 0 Å². The first-order chi connectivity index (χ1) is 9.04. The van der Waals surface area contributed by atoms with E-state index in [1.807, 2.05) is 19.1 Å². The molecule has 1 unspecified atom stereocenters. The number of nitrogens with zero attached hydrogens (tertiary/aromatic N) is 1. The summed E-state index contributed by atoms with van der Waals surface area (Å²) in [6.07, 6.45) is 3.17. The lowest BCUT2D eigenvalue weighted by atomic mass is 10.1. The Balaban J connectivity index is 2.61. The van der Waals surface area contributed by atoms with Gasteiger partial charge in [0.05, 0.1) is 21.6 Å². The van der Waals surface area contributed by atoms with Crippen molar-refractivity contribution in [3.63, 3.8) is 0 Å². The number of hydrogen-bond acceptors (Lipinski definition) is 3. The van der Waals surface area contributed by atoms with Crippen LogP contribution in [0, 0.1) is 11.3 Å². The molecule has 0 saturated heterocycles. The lowest BCUT2D eigenvalue weighted by Crippen LogP contribution is -2.17. The van der Waals surface area contributed by atoms with Crippen molar-refractivity contribution in [2.24, 2.45) is 5.73 Å². The number of nitriles is 1. The van der Waals surface area contributed by atoms with E-state index in [4.69, 9.17) is 15.7 Å². The van der Waals surface area contributed by atoms with Crippen LogP contribution in [0.5, 0.6) is 5.75 Å². The van der Waals surface area contributed by atoms with Crippen LogP contribution in [0.25, 0.3) is 0 Å². The van der Waals surface area contributed by atoms with Gasteiger partial charge in [0.2, 0.25) is 0 Å². The Labute approximate surface area is 131 Å². The van der Waals surface area contributed by atoms with Crippen LogP contribution < -0.4 is 10.5 Å². The third-order valence-corrected chi connectivity index (χ3v) is 3.72. The van der Waals surface area contributed by atoms with Gasteiger partial charge in [-0.1, -0.05) is 0 Å². The van der Waals surface area contributed by atoms with Crippen LogP contribution in [0.4, 0.5) is 0 Å². The molecule has 19 heavy (non-hydrogen) atoms. The van der Waals surface area contributed by atoms with Gasteiger partial charge in [-0.15, -0.1) is 0 Å². The average molecular weight is 390 g/mol. The van der Waals surface area contributed by atoms with Crippen LogP contribution in [-0.2, 0) is 6.42 Å². The van der Waals surface area contributed by atoms with E-state index in [9.17, 15) is 0 Å². The zero-order chi connectivity index (χ0) is 14.3. The van der Waals surface area contributed by atoms with Crippen molar-refractivity contribution in [1.29, 1.82) is 5.26 Å². The van der Waals surface area contributed by atoms with Gasteiger partial charge < -0.3 is 10.5 Å². The van der Waals surface area contributed by atoms with Gasteiger partial charge in [0.1, 0.15) is 5.75 Å². The van der Waals surface area contributed by atoms with Crippen molar-refractivity contribution in [2.45, 2.75) is 38.6 Å². The lowest BCUT2D eigenvalue weighted by Gasteiger charge is -2.13. The van der Waals surface area contributed by atoms with E-state index in [1.54, 1.807) is 0 Å². The zero-order valence-corrected chi connectivity index (χ0v) is 14.1.